The minimum atomic E-state index is -2.51. The van der Waals surface area contributed by atoms with Crippen LogP contribution in [0.4, 0.5) is 14.6 Å². The lowest BCUT2D eigenvalue weighted by atomic mass is 9.99. The molecule has 5 nitrogen and oxygen atoms in total. The Balaban J connectivity index is 1.90. The second-order valence-corrected chi connectivity index (χ2v) is 5.37. The predicted octanol–water partition coefficient (Wildman–Crippen LogP) is 1.32. The lowest BCUT2D eigenvalue weighted by molar-refractivity contribution is -0.126. The van der Waals surface area contributed by atoms with Gasteiger partial charge in [-0.25, -0.2) is 18.7 Å². The highest BCUT2D eigenvalue weighted by Gasteiger charge is 2.33. The maximum atomic E-state index is 12.0. The van der Waals surface area contributed by atoms with Crippen LogP contribution >= 0.6 is 11.8 Å². The first-order valence-corrected chi connectivity index (χ1v) is 7.42. The summed E-state index contributed by atoms with van der Waals surface area (Å²) in [7, 11) is 0. The third kappa shape index (κ3) is 3.56. The van der Waals surface area contributed by atoms with Crippen molar-refractivity contribution in [2.75, 3.05) is 30.8 Å². The number of carbonyl (C=O) groups is 1. The Hall–Kier alpha value is -1.44. The zero-order valence-electron chi connectivity index (χ0n) is 11.3. The third-order valence-electron chi connectivity index (χ3n) is 3.01. The van der Waals surface area contributed by atoms with Crippen molar-refractivity contribution < 1.29 is 13.6 Å². The number of aryl methyl sites for hydroxylation is 1. The van der Waals surface area contributed by atoms with Crippen molar-refractivity contribution in [1.29, 1.82) is 0 Å². The fourth-order valence-corrected chi connectivity index (χ4v) is 2.35. The van der Waals surface area contributed by atoms with Gasteiger partial charge in [0.15, 0.2) is 5.16 Å². The number of halogens is 2. The van der Waals surface area contributed by atoms with E-state index in [-0.39, 0.29) is 11.8 Å². The van der Waals surface area contributed by atoms with E-state index in [9.17, 15) is 13.6 Å². The summed E-state index contributed by atoms with van der Waals surface area (Å²) in [6.07, 6.45) is -0.612. The summed E-state index contributed by atoms with van der Waals surface area (Å²) in [6.45, 7) is 2.30. The molecule has 1 N–H and O–H groups in total. The maximum absolute atomic E-state index is 12.0. The molecule has 1 aliphatic heterocycles. The Morgan fingerprint density at radius 2 is 2.25 bits per heavy atom. The number of rotatable bonds is 5. The van der Waals surface area contributed by atoms with Gasteiger partial charge in [-0.15, -0.1) is 0 Å². The molecule has 8 heteroatoms. The number of carbonyl (C=O) groups excluding carboxylic acids is 1. The molecule has 20 heavy (non-hydrogen) atoms. The number of hydrogen-bond donors (Lipinski definition) is 1. The lowest BCUT2D eigenvalue weighted by Crippen LogP contribution is -2.54. The van der Waals surface area contributed by atoms with E-state index < -0.39 is 13.0 Å². The Morgan fingerprint density at radius 1 is 1.55 bits per heavy atom. The van der Waals surface area contributed by atoms with Crippen LogP contribution < -0.4 is 10.2 Å². The normalized spacial score (nSPS) is 15.3. The first kappa shape index (κ1) is 15.0. The molecule has 1 fully saturated rings. The summed E-state index contributed by atoms with van der Waals surface area (Å²) in [6, 6.07) is 1.85. The minimum Gasteiger partial charge on any atom is -0.355 e. The molecule has 0 unspecified atom stereocenters. The Labute approximate surface area is 120 Å². The second kappa shape index (κ2) is 6.34. The van der Waals surface area contributed by atoms with Gasteiger partial charge in [-0.05, 0) is 13.2 Å². The molecule has 1 aliphatic rings. The number of nitrogens with zero attached hydrogens (tertiary/aromatic N) is 3. The second-order valence-electron chi connectivity index (χ2n) is 4.59. The van der Waals surface area contributed by atoms with Crippen LogP contribution in [0.15, 0.2) is 11.2 Å². The molecular formula is C12H16F2N4OS. The van der Waals surface area contributed by atoms with E-state index in [2.05, 4.69) is 15.3 Å². The average Bonchev–Trinajstić information content (AvgIpc) is 2.33. The summed E-state index contributed by atoms with van der Waals surface area (Å²) in [4.78, 5) is 22.2. The number of amides is 1. The van der Waals surface area contributed by atoms with Gasteiger partial charge in [-0.1, -0.05) is 11.8 Å². The van der Waals surface area contributed by atoms with Crippen molar-refractivity contribution in [3.63, 3.8) is 0 Å². The quantitative estimate of drug-likeness (QED) is 0.657. The smallest absolute Gasteiger partial charge is 0.255 e. The van der Waals surface area contributed by atoms with Crippen molar-refractivity contribution >= 4 is 23.5 Å². The fraction of sp³-hybridized carbons (Fsp3) is 0.583. The van der Waals surface area contributed by atoms with Gasteiger partial charge in [0.2, 0.25) is 5.91 Å². The number of alkyl halides is 2. The summed E-state index contributed by atoms with van der Waals surface area (Å²) < 4.78 is 24.0. The highest BCUT2D eigenvalue weighted by molar-refractivity contribution is 7.98. The summed E-state index contributed by atoms with van der Waals surface area (Å²) in [5.74, 6) is 0.207. The van der Waals surface area contributed by atoms with Gasteiger partial charge in [-0.2, -0.15) is 0 Å². The van der Waals surface area contributed by atoms with E-state index in [1.165, 1.54) is 11.8 Å². The summed E-state index contributed by atoms with van der Waals surface area (Å²) >= 11 is 1.46. The molecule has 0 bridgehead atoms. The monoisotopic (exact) mass is 302 g/mol. The van der Waals surface area contributed by atoms with Gasteiger partial charge in [0.25, 0.3) is 6.43 Å². The molecule has 0 aliphatic carbocycles. The van der Waals surface area contributed by atoms with Crippen molar-refractivity contribution in [3.8, 4) is 0 Å². The van der Waals surface area contributed by atoms with Crippen LogP contribution in [0.5, 0.6) is 0 Å². The SMILES string of the molecule is CSc1nc(C)cc(N2CC(C(=O)NCC(F)F)C2)n1. The topological polar surface area (TPSA) is 58.1 Å². The molecule has 1 amide bonds. The number of aromatic nitrogens is 2. The van der Waals surface area contributed by atoms with Crippen LogP contribution in [-0.2, 0) is 4.79 Å². The molecule has 0 saturated carbocycles. The van der Waals surface area contributed by atoms with Gasteiger partial charge in [0, 0.05) is 24.8 Å². The largest absolute Gasteiger partial charge is 0.355 e. The number of thioether (sulfide) groups is 1. The third-order valence-corrected chi connectivity index (χ3v) is 3.56. The fourth-order valence-electron chi connectivity index (χ4n) is 1.93. The molecule has 2 heterocycles. The summed E-state index contributed by atoms with van der Waals surface area (Å²) in [5.41, 5.74) is 0.866. The van der Waals surface area contributed by atoms with Gasteiger partial charge < -0.3 is 10.2 Å². The van der Waals surface area contributed by atoms with E-state index >= 15 is 0 Å². The standard InChI is InChI=1S/C12H16F2N4OS/c1-7-3-10(17-12(16-7)20-2)18-5-8(6-18)11(19)15-4-9(13)14/h3,8-9H,4-6H2,1-2H3,(H,15,19). The number of nitrogens with one attached hydrogen (secondary N) is 1. The lowest BCUT2D eigenvalue weighted by Gasteiger charge is -2.39. The first-order chi connectivity index (χ1) is 9.49. The van der Waals surface area contributed by atoms with Crippen LogP contribution in [-0.4, -0.2) is 48.2 Å². The predicted molar refractivity (Wildman–Crippen MR) is 73.3 cm³/mol. The van der Waals surface area contributed by atoms with E-state index in [1.54, 1.807) is 0 Å². The molecular weight excluding hydrogens is 286 g/mol. The molecule has 0 aromatic carbocycles. The molecule has 1 aromatic rings. The van der Waals surface area contributed by atoms with Crippen LogP contribution in [0.3, 0.4) is 0 Å². The molecule has 110 valence electrons. The Kier molecular flexibility index (Phi) is 4.74. The van der Waals surface area contributed by atoms with E-state index in [0.717, 1.165) is 11.5 Å². The van der Waals surface area contributed by atoms with Crippen molar-refractivity contribution in [3.05, 3.63) is 11.8 Å². The molecule has 0 atom stereocenters. The van der Waals surface area contributed by atoms with Crippen LogP contribution in [0, 0.1) is 12.8 Å². The van der Waals surface area contributed by atoms with Gasteiger partial charge in [0.1, 0.15) is 5.82 Å². The molecule has 2 rings (SSSR count). The van der Waals surface area contributed by atoms with Gasteiger partial charge in [0.05, 0.1) is 12.5 Å². The van der Waals surface area contributed by atoms with E-state index in [1.807, 2.05) is 24.1 Å². The Morgan fingerprint density at radius 3 is 2.85 bits per heavy atom. The van der Waals surface area contributed by atoms with Crippen LogP contribution in [0.25, 0.3) is 0 Å². The maximum Gasteiger partial charge on any atom is 0.255 e. The molecule has 1 aromatic heterocycles. The Bertz CT molecular complexity index is 494. The summed E-state index contributed by atoms with van der Waals surface area (Å²) in [5, 5.41) is 2.92. The molecule has 0 spiro atoms. The van der Waals surface area contributed by atoms with Gasteiger partial charge in [-0.3, -0.25) is 4.79 Å². The molecule has 1 saturated heterocycles. The first-order valence-electron chi connectivity index (χ1n) is 6.20. The zero-order valence-corrected chi connectivity index (χ0v) is 12.1. The number of anilines is 1. The van der Waals surface area contributed by atoms with Crippen LogP contribution in [0.1, 0.15) is 5.69 Å². The van der Waals surface area contributed by atoms with E-state index in [0.29, 0.717) is 18.2 Å². The average molecular weight is 302 g/mol. The highest BCUT2D eigenvalue weighted by Crippen LogP contribution is 2.25. The van der Waals surface area contributed by atoms with Gasteiger partial charge >= 0.3 is 0 Å². The van der Waals surface area contributed by atoms with Crippen molar-refractivity contribution in [2.24, 2.45) is 5.92 Å². The minimum absolute atomic E-state index is 0.248. The van der Waals surface area contributed by atoms with Crippen molar-refractivity contribution in [1.82, 2.24) is 15.3 Å². The van der Waals surface area contributed by atoms with Crippen LogP contribution in [0.2, 0.25) is 0 Å². The van der Waals surface area contributed by atoms with E-state index in [4.69, 9.17) is 0 Å². The molecule has 0 radical (unpaired) electrons. The number of hydrogen-bond acceptors (Lipinski definition) is 5. The zero-order chi connectivity index (χ0) is 14.7. The highest BCUT2D eigenvalue weighted by atomic mass is 32.2. The van der Waals surface area contributed by atoms with Crippen molar-refractivity contribution in [2.45, 2.75) is 18.5 Å².